The third-order valence-electron chi connectivity index (χ3n) is 7.32. The molecule has 1 amide bonds. The molecule has 3 saturated heterocycles. The van der Waals surface area contributed by atoms with E-state index in [1.807, 2.05) is 11.9 Å². The lowest BCUT2D eigenvalue weighted by Gasteiger charge is -2.60. The monoisotopic (exact) mass is 391 g/mol. The van der Waals surface area contributed by atoms with Crippen LogP contribution in [0.5, 0.6) is 0 Å². The van der Waals surface area contributed by atoms with E-state index in [0.717, 1.165) is 71.1 Å². The van der Waals surface area contributed by atoms with Crippen LogP contribution in [0, 0.1) is 11.3 Å². The highest BCUT2D eigenvalue weighted by Gasteiger charge is 2.58. The SMILES string of the molecule is CN=C(NC1C2CCCOC2C1(C)C)N1CCN(CC(=O)N2CCCC2)CC1. The molecule has 7 nitrogen and oxygen atoms in total. The number of rotatable bonds is 3. The van der Waals surface area contributed by atoms with Gasteiger partial charge >= 0.3 is 0 Å². The Morgan fingerprint density at radius 2 is 1.79 bits per heavy atom. The van der Waals surface area contributed by atoms with Gasteiger partial charge in [-0.2, -0.15) is 0 Å². The molecule has 1 saturated carbocycles. The van der Waals surface area contributed by atoms with E-state index in [4.69, 9.17) is 4.74 Å². The second kappa shape index (κ2) is 8.19. The Labute approximate surface area is 169 Å². The van der Waals surface area contributed by atoms with E-state index in [2.05, 4.69) is 34.0 Å². The van der Waals surface area contributed by atoms with E-state index in [1.165, 1.54) is 6.42 Å². The Morgan fingerprint density at radius 1 is 1.07 bits per heavy atom. The maximum atomic E-state index is 12.4. The van der Waals surface area contributed by atoms with E-state index >= 15 is 0 Å². The van der Waals surface area contributed by atoms with Crippen LogP contribution in [0.25, 0.3) is 0 Å². The molecule has 3 atom stereocenters. The van der Waals surface area contributed by atoms with E-state index in [9.17, 15) is 4.79 Å². The lowest BCUT2D eigenvalue weighted by molar-refractivity contribution is -0.188. The Morgan fingerprint density at radius 3 is 2.46 bits per heavy atom. The lowest BCUT2D eigenvalue weighted by Crippen LogP contribution is -2.71. The van der Waals surface area contributed by atoms with Crippen molar-refractivity contribution in [1.82, 2.24) is 20.0 Å². The lowest BCUT2D eigenvalue weighted by atomic mass is 9.55. The fourth-order valence-corrected chi connectivity index (χ4v) is 5.63. The van der Waals surface area contributed by atoms with Crippen LogP contribution in [0.3, 0.4) is 0 Å². The minimum Gasteiger partial charge on any atom is -0.377 e. The van der Waals surface area contributed by atoms with Crippen LogP contribution in [-0.2, 0) is 9.53 Å². The summed E-state index contributed by atoms with van der Waals surface area (Å²) in [4.78, 5) is 23.7. The number of fused-ring (bicyclic) bond motifs is 1. The minimum absolute atomic E-state index is 0.144. The molecule has 0 aromatic rings. The van der Waals surface area contributed by atoms with E-state index in [-0.39, 0.29) is 5.41 Å². The topological polar surface area (TPSA) is 60.4 Å². The van der Waals surface area contributed by atoms with Crippen molar-refractivity contribution in [3.05, 3.63) is 0 Å². The van der Waals surface area contributed by atoms with Gasteiger partial charge in [0.1, 0.15) is 0 Å². The summed E-state index contributed by atoms with van der Waals surface area (Å²) in [5, 5.41) is 3.76. The summed E-state index contributed by atoms with van der Waals surface area (Å²) in [6.07, 6.45) is 5.11. The number of nitrogens with one attached hydrogen (secondary N) is 1. The van der Waals surface area contributed by atoms with Crippen LogP contribution in [0.15, 0.2) is 4.99 Å². The minimum atomic E-state index is 0.144. The first-order valence-electron chi connectivity index (χ1n) is 11.1. The van der Waals surface area contributed by atoms with Gasteiger partial charge in [-0.25, -0.2) is 0 Å². The highest BCUT2D eigenvalue weighted by Crippen LogP contribution is 2.51. The van der Waals surface area contributed by atoms with Crippen molar-refractivity contribution in [2.75, 3.05) is 59.5 Å². The van der Waals surface area contributed by atoms with Crippen LogP contribution in [0.4, 0.5) is 0 Å². The average Bonchev–Trinajstić information content (AvgIpc) is 3.24. The number of carbonyl (C=O) groups is 1. The number of ether oxygens (including phenoxy) is 1. The highest BCUT2D eigenvalue weighted by molar-refractivity contribution is 5.81. The maximum absolute atomic E-state index is 12.4. The van der Waals surface area contributed by atoms with Crippen molar-refractivity contribution < 1.29 is 9.53 Å². The summed E-state index contributed by atoms with van der Waals surface area (Å²) >= 11 is 0. The van der Waals surface area contributed by atoms with Gasteiger partial charge in [0.25, 0.3) is 0 Å². The molecule has 1 aliphatic carbocycles. The molecule has 28 heavy (non-hydrogen) atoms. The van der Waals surface area contributed by atoms with Crippen molar-refractivity contribution in [1.29, 1.82) is 0 Å². The van der Waals surface area contributed by atoms with Gasteiger partial charge in [0.15, 0.2) is 5.96 Å². The summed E-state index contributed by atoms with van der Waals surface area (Å²) in [6, 6.07) is 0.422. The van der Waals surface area contributed by atoms with Gasteiger partial charge < -0.3 is 19.9 Å². The number of hydrogen-bond donors (Lipinski definition) is 1. The number of carbonyl (C=O) groups excluding carboxylic acids is 1. The molecule has 0 aromatic heterocycles. The summed E-state index contributed by atoms with van der Waals surface area (Å²) in [5.74, 6) is 1.90. The first kappa shape index (κ1) is 20.0. The highest BCUT2D eigenvalue weighted by atomic mass is 16.5. The second-order valence-corrected chi connectivity index (χ2v) is 9.44. The molecule has 3 unspecified atom stereocenters. The zero-order chi connectivity index (χ0) is 19.7. The predicted molar refractivity (Wildman–Crippen MR) is 110 cm³/mol. The molecule has 0 bridgehead atoms. The van der Waals surface area contributed by atoms with E-state index < -0.39 is 0 Å². The smallest absolute Gasteiger partial charge is 0.236 e. The Bertz CT molecular complexity index is 594. The van der Waals surface area contributed by atoms with Gasteiger partial charge in [0, 0.05) is 70.3 Å². The molecule has 0 aromatic carbocycles. The second-order valence-electron chi connectivity index (χ2n) is 9.44. The van der Waals surface area contributed by atoms with Gasteiger partial charge in [-0.1, -0.05) is 13.8 Å². The van der Waals surface area contributed by atoms with Crippen molar-refractivity contribution in [3.8, 4) is 0 Å². The average molecular weight is 392 g/mol. The molecular formula is C21H37N5O2. The summed E-state index contributed by atoms with van der Waals surface area (Å²) in [6.45, 7) is 11.7. The largest absolute Gasteiger partial charge is 0.377 e. The molecular weight excluding hydrogens is 354 g/mol. The Balaban J connectivity index is 1.28. The third kappa shape index (κ3) is 3.75. The Kier molecular flexibility index (Phi) is 5.83. The van der Waals surface area contributed by atoms with Gasteiger partial charge in [0.2, 0.25) is 5.91 Å². The molecule has 1 N–H and O–H groups in total. The fourth-order valence-electron chi connectivity index (χ4n) is 5.63. The van der Waals surface area contributed by atoms with Gasteiger partial charge in [-0.15, -0.1) is 0 Å². The first-order chi connectivity index (χ1) is 13.5. The molecule has 4 aliphatic rings. The zero-order valence-corrected chi connectivity index (χ0v) is 17.8. The molecule has 4 rings (SSSR count). The van der Waals surface area contributed by atoms with Crippen LogP contribution < -0.4 is 5.32 Å². The predicted octanol–water partition coefficient (Wildman–Crippen LogP) is 1.01. The number of hydrogen-bond acceptors (Lipinski definition) is 4. The van der Waals surface area contributed by atoms with Crippen LogP contribution in [-0.4, -0.2) is 98.2 Å². The van der Waals surface area contributed by atoms with Crippen molar-refractivity contribution in [3.63, 3.8) is 0 Å². The van der Waals surface area contributed by atoms with Gasteiger partial charge in [-0.3, -0.25) is 14.7 Å². The van der Waals surface area contributed by atoms with Crippen molar-refractivity contribution in [2.24, 2.45) is 16.3 Å². The quantitative estimate of drug-likeness (QED) is 0.575. The molecule has 3 aliphatic heterocycles. The van der Waals surface area contributed by atoms with E-state index in [0.29, 0.717) is 30.5 Å². The zero-order valence-electron chi connectivity index (χ0n) is 17.8. The van der Waals surface area contributed by atoms with Crippen molar-refractivity contribution in [2.45, 2.75) is 51.7 Å². The number of aliphatic imine (C=N–C) groups is 1. The van der Waals surface area contributed by atoms with Crippen LogP contribution >= 0.6 is 0 Å². The number of nitrogens with zero attached hydrogens (tertiary/aromatic N) is 4. The number of piperazine rings is 1. The molecule has 158 valence electrons. The maximum Gasteiger partial charge on any atom is 0.236 e. The summed E-state index contributed by atoms with van der Waals surface area (Å²) in [5.41, 5.74) is 0.144. The summed E-state index contributed by atoms with van der Waals surface area (Å²) in [7, 11) is 1.88. The molecule has 0 spiro atoms. The van der Waals surface area contributed by atoms with Gasteiger partial charge in [-0.05, 0) is 25.7 Å². The summed E-state index contributed by atoms with van der Waals surface area (Å²) < 4.78 is 6.04. The van der Waals surface area contributed by atoms with Gasteiger partial charge in [0.05, 0.1) is 12.6 Å². The molecule has 0 radical (unpaired) electrons. The first-order valence-corrected chi connectivity index (χ1v) is 11.1. The molecule has 4 fully saturated rings. The van der Waals surface area contributed by atoms with Crippen LogP contribution in [0.1, 0.15) is 39.5 Å². The van der Waals surface area contributed by atoms with Crippen LogP contribution in [0.2, 0.25) is 0 Å². The van der Waals surface area contributed by atoms with Crippen molar-refractivity contribution >= 4 is 11.9 Å². The third-order valence-corrected chi connectivity index (χ3v) is 7.32. The molecule has 7 heteroatoms. The fraction of sp³-hybridized carbons (Fsp3) is 0.905. The standard InChI is InChI=1S/C21H37N5O2/c1-21(2)18(16-7-6-14-28-19(16)21)23-20(22-3)26-12-10-24(11-13-26)15-17(27)25-8-4-5-9-25/h16,18-19H,4-15H2,1-3H3,(H,22,23). The van der Waals surface area contributed by atoms with E-state index in [1.54, 1.807) is 0 Å². The number of likely N-dealkylation sites (tertiary alicyclic amines) is 1. The Hall–Kier alpha value is -1.34. The number of guanidine groups is 1. The number of amides is 1. The molecule has 3 heterocycles. The normalized spacial score (nSPS) is 33.4.